The third-order valence-electron chi connectivity index (χ3n) is 4.77. The molecule has 4 rings (SSSR count). The average Bonchev–Trinajstić information content (AvgIpc) is 3.15. The van der Waals surface area contributed by atoms with E-state index in [0.717, 1.165) is 39.8 Å². The molecule has 0 aliphatic heterocycles. The number of rotatable bonds is 6. The molecule has 0 bridgehead atoms. The lowest BCUT2D eigenvalue weighted by atomic mass is 10.1. The molecule has 0 radical (unpaired) electrons. The molecule has 28 heavy (non-hydrogen) atoms. The molecule has 4 aromatic rings. The molecule has 3 heterocycles. The van der Waals surface area contributed by atoms with E-state index in [-0.39, 0.29) is 5.56 Å². The Bertz CT molecular complexity index is 1200. The minimum absolute atomic E-state index is 0.141. The normalized spacial score (nSPS) is 11.7. The fourth-order valence-electron chi connectivity index (χ4n) is 3.33. The fourth-order valence-corrected chi connectivity index (χ4v) is 4.12. The van der Waals surface area contributed by atoms with Gasteiger partial charge in [-0.2, -0.15) is 0 Å². The van der Waals surface area contributed by atoms with Crippen molar-refractivity contribution < 1.29 is 4.74 Å². The molecule has 7 heteroatoms. The van der Waals surface area contributed by atoms with Crippen LogP contribution in [0.15, 0.2) is 40.6 Å². The monoisotopic (exact) mass is 394 g/mol. The summed E-state index contributed by atoms with van der Waals surface area (Å²) in [6, 6.07) is 8.02. The number of pyridine rings is 1. The molecule has 0 amide bonds. The van der Waals surface area contributed by atoms with Crippen molar-refractivity contribution in [1.29, 1.82) is 0 Å². The van der Waals surface area contributed by atoms with E-state index in [1.807, 2.05) is 43.7 Å². The predicted octanol–water partition coefficient (Wildman–Crippen LogP) is 3.59. The van der Waals surface area contributed by atoms with Crippen LogP contribution in [-0.2, 0) is 11.3 Å². The summed E-state index contributed by atoms with van der Waals surface area (Å²) in [4.78, 5) is 27.1. The van der Waals surface area contributed by atoms with Crippen molar-refractivity contribution in [3.8, 4) is 11.5 Å². The van der Waals surface area contributed by atoms with Gasteiger partial charge < -0.3 is 9.72 Å². The Labute approximate surface area is 166 Å². The van der Waals surface area contributed by atoms with Crippen LogP contribution < -0.4 is 5.56 Å². The number of hydrogen-bond acceptors (Lipinski definition) is 6. The number of benzene rings is 1. The van der Waals surface area contributed by atoms with Crippen LogP contribution in [0.5, 0.6) is 0 Å². The maximum absolute atomic E-state index is 12.8. The zero-order valence-electron chi connectivity index (χ0n) is 16.2. The molecular formula is C21H22N4O2S. The van der Waals surface area contributed by atoms with Gasteiger partial charge >= 0.3 is 0 Å². The summed E-state index contributed by atoms with van der Waals surface area (Å²) in [5.41, 5.74) is 3.32. The summed E-state index contributed by atoms with van der Waals surface area (Å²) in [5, 5.41) is 3.73. The lowest BCUT2D eigenvalue weighted by Gasteiger charge is -2.17. The summed E-state index contributed by atoms with van der Waals surface area (Å²) in [6.45, 7) is 4.25. The van der Waals surface area contributed by atoms with Gasteiger partial charge in [0.15, 0.2) is 5.82 Å². The highest BCUT2D eigenvalue weighted by molar-refractivity contribution is 7.17. The second-order valence-electron chi connectivity index (χ2n) is 6.98. The Morgan fingerprint density at radius 1 is 1.29 bits per heavy atom. The van der Waals surface area contributed by atoms with E-state index in [0.29, 0.717) is 23.5 Å². The number of thiophene rings is 1. The smallest absolute Gasteiger partial charge is 0.259 e. The molecular weight excluding hydrogens is 372 g/mol. The number of aryl methyl sites for hydroxylation is 1. The second-order valence-corrected chi connectivity index (χ2v) is 7.93. The molecule has 0 aliphatic carbocycles. The summed E-state index contributed by atoms with van der Waals surface area (Å²) < 4.78 is 6.25. The molecule has 0 atom stereocenters. The molecule has 0 fully saturated rings. The molecule has 1 aromatic carbocycles. The van der Waals surface area contributed by atoms with Crippen LogP contribution in [-0.4, -0.2) is 47.2 Å². The average molecular weight is 395 g/mol. The highest BCUT2D eigenvalue weighted by atomic mass is 32.1. The van der Waals surface area contributed by atoms with Gasteiger partial charge in [0, 0.05) is 36.5 Å². The van der Waals surface area contributed by atoms with Crippen LogP contribution in [0.25, 0.3) is 32.5 Å². The third-order valence-corrected chi connectivity index (χ3v) is 5.65. The highest BCUT2D eigenvalue weighted by Crippen LogP contribution is 2.25. The van der Waals surface area contributed by atoms with E-state index in [1.54, 1.807) is 18.4 Å². The molecule has 0 aliphatic rings. The van der Waals surface area contributed by atoms with Gasteiger partial charge in [-0.3, -0.25) is 14.7 Å². The van der Waals surface area contributed by atoms with E-state index in [4.69, 9.17) is 9.72 Å². The number of nitrogens with one attached hydrogen (secondary N) is 1. The zero-order chi connectivity index (χ0) is 19.7. The van der Waals surface area contributed by atoms with E-state index in [9.17, 15) is 4.79 Å². The lowest BCUT2D eigenvalue weighted by Crippen LogP contribution is -2.22. The fraction of sp³-hybridized carbons (Fsp3) is 0.286. The van der Waals surface area contributed by atoms with Gasteiger partial charge in [-0.05, 0) is 48.7 Å². The zero-order valence-corrected chi connectivity index (χ0v) is 17.0. The Morgan fingerprint density at radius 3 is 2.96 bits per heavy atom. The first-order valence-corrected chi connectivity index (χ1v) is 9.98. The summed E-state index contributed by atoms with van der Waals surface area (Å²) in [7, 11) is 3.73. The Hall–Kier alpha value is -2.61. The van der Waals surface area contributed by atoms with Gasteiger partial charge in [0.25, 0.3) is 5.56 Å². The number of fused-ring (bicyclic) bond motifs is 2. The topological polar surface area (TPSA) is 71.1 Å². The van der Waals surface area contributed by atoms with E-state index in [2.05, 4.69) is 20.9 Å². The van der Waals surface area contributed by atoms with Crippen LogP contribution in [0.4, 0.5) is 0 Å². The largest absolute Gasteiger partial charge is 0.383 e. The number of aromatic nitrogens is 3. The van der Waals surface area contributed by atoms with Crippen molar-refractivity contribution in [2.24, 2.45) is 0 Å². The first kappa shape index (κ1) is 18.7. The number of nitrogens with zero attached hydrogens (tertiary/aromatic N) is 3. The molecule has 0 spiro atoms. The van der Waals surface area contributed by atoms with Crippen LogP contribution in [0.3, 0.4) is 0 Å². The molecule has 1 N–H and O–H groups in total. The highest BCUT2D eigenvalue weighted by Gasteiger charge is 2.12. The lowest BCUT2D eigenvalue weighted by molar-refractivity contribution is 0.158. The maximum Gasteiger partial charge on any atom is 0.259 e. The number of H-pyrrole nitrogens is 1. The van der Waals surface area contributed by atoms with Gasteiger partial charge in [-0.25, -0.2) is 4.98 Å². The van der Waals surface area contributed by atoms with Crippen molar-refractivity contribution >= 4 is 32.3 Å². The Balaban J connectivity index is 1.73. The van der Waals surface area contributed by atoms with Crippen molar-refractivity contribution in [2.45, 2.75) is 13.5 Å². The summed E-state index contributed by atoms with van der Waals surface area (Å²) in [5.74, 6) is 0.501. The molecule has 0 saturated heterocycles. The van der Waals surface area contributed by atoms with Gasteiger partial charge in [0.2, 0.25) is 0 Å². The number of methoxy groups -OCH3 is 1. The third kappa shape index (κ3) is 3.69. The quantitative estimate of drug-likeness (QED) is 0.541. The molecule has 0 saturated carbocycles. The minimum atomic E-state index is -0.141. The van der Waals surface area contributed by atoms with Gasteiger partial charge in [0.05, 0.1) is 17.5 Å². The first-order chi connectivity index (χ1) is 13.5. The summed E-state index contributed by atoms with van der Waals surface area (Å²) in [6.07, 6.45) is 1.82. The standard InChI is InChI=1S/C21H22N4O2S/c1-13-8-14(12-25(2)5-6-27-3)9-16-19(13)23-20(24-21(16)26)17-10-18-15(11-22-17)4-7-28-18/h4,7-11H,5-6,12H2,1-3H3,(H,23,24,26). The van der Waals surface area contributed by atoms with Gasteiger partial charge in [-0.15, -0.1) is 11.3 Å². The van der Waals surface area contributed by atoms with E-state index >= 15 is 0 Å². The van der Waals surface area contributed by atoms with Crippen LogP contribution in [0.1, 0.15) is 11.1 Å². The van der Waals surface area contributed by atoms with Gasteiger partial charge in [0.1, 0.15) is 5.69 Å². The maximum atomic E-state index is 12.8. The number of likely N-dealkylation sites (N-methyl/N-ethyl adjacent to an activating group) is 1. The predicted molar refractivity (Wildman–Crippen MR) is 114 cm³/mol. The SMILES string of the molecule is COCCN(C)Cc1cc(C)c2nc(-c3cc4sccc4cn3)[nH]c(=O)c2c1. The number of ether oxygens (including phenoxy) is 1. The minimum Gasteiger partial charge on any atom is -0.383 e. The number of aromatic amines is 1. The Kier molecular flexibility index (Phi) is 5.21. The van der Waals surface area contributed by atoms with E-state index in [1.165, 1.54) is 0 Å². The molecule has 144 valence electrons. The van der Waals surface area contributed by atoms with E-state index < -0.39 is 0 Å². The molecule has 3 aromatic heterocycles. The van der Waals surface area contributed by atoms with Gasteiger partial charge in [-0.1, -0.05) is 6.07 Å². The molecule has 6 nitrogen and oxygen atoms in total. The summed E-state index contributed by atoms with van der Waals surface area (Å²) >= 11 is 1.65. The van der Waals surface area contributed by atoms with Crippen LogP contribution >= 0.6 is 11.3 Å². The molecule has 0 unspecified atom stereocenters. The number of hydrogen-bond donors (Lipinski definition) is 1. The van der Waals surface area contributed by atoms with Crippen molar-refractivity contribution in [3.05, 3.63) is 57.3 Å². The van der Waals surface area contributed by atoms with Crippen molar-refractivity contribution in [3.63, 3.8) is 0 Å². The second kappa shape index (κ2) is 7.79. The Morgan fingerprint density at radius 2 is 2.14 bits per heavy atom. The van der Waals surface area contributed by atoms with Crippen molar-refractivity contribution in [1.82, 2.24) is 19.9 Å². The van der Waals surface area contributed by atoms with Crippen molar-refractivity contribution in [2.75, 3.05) is 27.3 Å². The van der Waals surface area contributed by atoms with Crippen LogP contribution in [0, 0.1) is 6.92 Å². The first-order valence-electron chi connectivity index (χ1n) is 9.10. The van der Waals surface area contributed by atoms with Crippen LogP contribution in [0.2, 0.25) is 0 Å².